The quantitative estimate of drug-likeness (QED) is 0.830. The van der Waals surface area contributed by atoms with E-state index in [4.69, 9.17) is 5.73 Å². The van der Waals surface area contributed by atoms with Gasteiger partial charge in [0.2, 0.25) is 0 Å². The first-order chi connectivity index (χ1) is 8.47. The van der Waals surface area contributed by atoms with Crippen LogP contribution in [0.15, 0.2) is 12.4 Å². The zero-order chi connectivity index (χ0) is 13.2. The topological polar surface area (TPSA) is 55.0 Å². The van der Waals surface area contributed by atoms with Crippen LogP contribution in [0.3, 0.4) is 0 Å². The minimum atomic E-state index is 0.400. The molecule has 0 aliphatic carbocycles. The predicted molar refractivity (Wildman–Crippen MR) is 75.5 cm³/mol. The molecule has 0 bridgehead atoms. The molecule has 0 saturated carbocycles. The molecule has 4 nitrogen and oxygen atoms in total. The predicted octanol–water partition coefficient (Wildman–Crippen LogP) is 2.71. The van der Waals surface area contributed by atoms with E-state index in [0.717, 1.165) is 24.8 Å². The van der Waals surface area contributed by atoms with Crippen molar-refractivity contribution in [3.63, 3.8) is 0 Å². The zero-order valence-corrected chi connectivity index (χ0v) is 11.7. The maximum absolute atomic E-state index is 5.70. The van der Waals surface area contributed by atoms with Gasteiger partial charge in [0.05, 0.1) is 12.4 Å². The van der Waals surface area contributed by atoms with Crippen LogP contribution in [0.4, 0.5) is 11.6 Å². The van der Waals surface area contributed by atoms with E-state index >= 15 is 0 Å². The summed E-state index contributed by atoms with van der Waals surface area (Å²) < 4.78 is 0. The van der Waals surface area contributed by atoms with Crippen LogP contribution in [0.25, 0.3) is 0 Å². The highest BCUT2D eigenvalue weighted by atomic mass is 15.2. The minimum Gasteiger partial charge on any atom is -0.382 e. The molecule has 0 amide bonds. The normalized spacial score (nSPS) is 21.7. The molecular formula is C14H24N4. The highest BCUT2D eigenvalue weighted by molar-refractivity contribution is 5.41. The summed E-state index contributed by atoms with van der Waals surface area (Å²) in [6, 6.07) is 0. The van der Waals surface area contributed by atoms with Crippen molar-refractivity contribution >= 4 is 11.6 Å². The van der Waals surface area contributed by atoms with Crippen LogP contribution in [0, 0.1) is 11.3 Å². The van der Waals surface area contributed by atoms with Gasteiger partial charge in [0.15, 0.2) is 0 Å². The van der Waals surface area contributed by atoms with Crippen molar-refractivity contribution in [1.82, 2.24) is 9.97 Å². The van der Waals surface area contributed by atoms with Gasteiger partial charge in [-0.1, -0.05) is 20.8 Å². The average molecular weight is 248 g/mol. The Bertz CT molecular complexity index is 397. The van der Waals surface area contributed by atoms with Gasteiger partial charge in [-0.2, -0.15) is 0 Å². The smallest absolute Gasteiger partial charge is 0.149 e. The molecule has 1 aromatic heterocycles. The Morgan fingerprint density at radius 1 is 1.22 bits per heavy atom. The van der Waals surface area contributed by atoms with E-state index in [1.54, 1.807) is 6.20 Å². The van der Waals surface area contributed by atoms with Gasteiger partial charge in [-0.05, 0) is 30.6 Å². The number of nitrogens with zero attached hydrogens (tertiary/aromatic N) is 3. The van der Waals surface area contributed by atoms with E-state index < -0.39 is 0 Å². The second-order valence-corrected chi connectivity index (χ2v) is 6.28. The summed E-state index contributed by atoms with van der Waals surface area (Å²) in [4.78, 5) is 10.8. The second-order valence-electron chi connectivity index (χ2n) is 6.28. The number of hydrogen-bond acceptors (Lipinski definition) is 4. The Morgan fingerprint density at radius 3 is 2.67 bits per heavy atom. The molecule has 2 N–H and O–H groups in total. The Hall–Kier alpha value is -1.32. The Balaban J connectivity index is 2.05. The number of nitrogen functional groups attached to an aromatic ring is 1. The third kappa shape index (κ3) is 3.12. The summed E-state index contributed by atoms with van der Waals surface area (Å²) in [6.45, 7) is 9.14. The van der Waals surface area contributed by atoms with Gasteiger partial charge in [-0.15, -0.1) is 0 Å². The standard InChI is InChI=1S/C14H24N4/c1-14(2,3)11-5-4-7-18(8-6-11)13-10-16-9-12(15)17-13/h9-11H,4-8H2,1-3H3,(H2,15,17). The molecule has 1 fully saturated rings. The van der Waals surface area contributed by atoms with Crippen molar-refractivity contribution in [3.8, 4) is 0 Å². The van der Waals surface area contributed by atoms with Gasteiger partial charge in [0, 0.05) is 13.1 Å². The van der Waals surface area contributed by atoms with Gasteiger partial charge in [0.25, 0.3) is 0 Å². The highest BCUT2D eigenvalue weighted by Gasteiger charge is 2.27. The van der Waals surface area contributed by atoms with E-state index in [2.05, 4.69) is 35.6 Å². The van der Waals surface area contributed by atoms with Crippen molar-refractivity contribution in [2.75, 3.05) is 23.7 Å². The lowest BCUT2D eigenvalue weighted by Gasteiger charge is -2.29. The SMILES string of the molecule is CC(C)(C)C1CCCN(c2cncc(N)n2)CC1. The lowest BCUT2D eigenvalue weighted by molar-refractivity contribution is 0.220. The van der Waals surface area contributed by atoms with Crippen LogP contribution in [-0.4, -0.2) is 23.1 Å². The number of hydrogen-bond donors (Lipinski definition) is 1. The van der Waals surface area contributed by atoms with Crippen LogP contribution in [-0.2, 0) is 0 Å². The van der Waals surface area contributed by atoms with E-state index in [1.165, 1.54) is 19.3 Å². The van der Waals surface area contributed by atoms with Gasteiger partial charge in [-0.3, -0.25) is 4.98 Å². The van der Waals surface area contributed by atoms with Crippen LogP contribution in [0.5, 0.6) is 0 Å². The largest absolute Gasteiger partial charge is 0.382 e. The number of nitrogens with two attached hydrogens (primary N) is 1. The summed E-state index contributed by atoms with van der Waals surface area (Å²) in [5, 5.41) is 0. The second kappa shape index (κ2) is 5.12. The van der Waals surface area contributed by atoms with Crippen molar-refractivity contribution in [3.05, 3.63) is 12.4 Å². The molecule has 2 rings (SSSR count). The fraction of sp³-hybridized carbons (Fsp3) is 0.714. The molecule has 1 saturated heterocycles. The third-order valence-electron chi connectivity index (χ3n) is 3.92. The monoisotopic (exact) mass is 248 g/mol. The number of aromatic nitrogens is 2. The van der Waals surface area contributed by atoms with Gasteiger partial charge in [-0.25, -0.2) is 4.98 Å². The lowest BCUT2D eigenvalue weighted by Crippen LogP contribution is -2.27. The van der Waals surface area contributed by atoms with Crippen molar-refractivity contribution < 1.29 is 0 Å². The molecule has 1 atom stereocenters. The summed E-state index contributed by atoms with van der Waals surface area (Å²) in [5.41, 5.74) is 6.10. The van der Waals surface area contributed by atoms with E-state index in [1.807, 2.05) is 6.20 Å². The molecule has 1 unspecified atom stereocenters. The van der Waals surface area contributed by atoms with Crippen molar-refractivity contribution in [2.45, 2.75) is 40.0 Å². The molecule has 1 aromatic rings. The van der Waals surface area contributed by atoms with E-state index in [-0.39, 0.29) is 0 Å². The molecule has 100 valence electrons. The molecular weight excluding hydrogens is 224 g/mol. The lowest BCUT2D eigenvalue weighted by atomic mass is 9.77. The first-order valence-electron chi connectivity index (χ1n) is 6.79. The summed E-state index contributed by atoms with van der Waals surface area (Å²) in [6.07, 6.45) is 7.15. The molecule has 0 radical (unpaired) electrons. The van der Waals surface area contributed by atoms with E-state index in [9.17, 15) is 0 Å². The van der Waals surface area contributed by atoms with Crippen LogP contribution >= 0.6 is 0 Å². The first kappa shape index (κ1) is 13.1. The molecule has 1 aliphatic rings. The summed E-state index contributed by atoms with van der Waals surface area (Å²) in [7, 11) is 0. The maximum atomic E-state index is 5.70. The average Bonchev–Trinajstić information content (AvgIpc) is 2.53. The van der Waals surface area contributed by atoms with Gasteiger partial charge in [0.1, 0.15) is 11.6 Å². The van der Waals surface area contributed by atoms with Gasteiger partial charge < -0.3 is 10.6 Å². The summed E-state index contributed by atoms with van der Waals surface area (Å²) >= 11 is 0. The van der Waals surface area contributed by atoms with E-state index in [0.29, 0.717) is 11.2 Å². The Kier molecular flexibility index (Phi) is 3.73. The van der Waals surface area contributed by atoms with Crippen molar-refractivity contribution in [1.29, 1.82) is 0 Å². The Morgan fingerprint density at radius 2 is 2.00 bits per heavy atom. The van der Waals surface area contributed by atoms with Crippen LogP contribution < -0.4 is 10.6 Å². The fourth-order valence-electron chi connectivity index (χ4n) is 2.71. The summed E-state index contributed by atoms with van der Waals surface area (Å²) in [5.74, 6) is 2.21. The van der Waals surface area contributed by atoms with Gasteiger partial charge >= 0.3 is 0 Å². The third-order valence-corrected chi connectivity index (χ3v) is 3.92. The number of anilines is 2. The molecule has 0 aromatic carbocycles. The minimum absolute atomic E-state index is 0.400. The van der Waals surface area contributed by atoms with Crippen molar-refractivity contribution in [2.24, 2.45) is 11.3 Å². The van der Waals surface area contributed by atoms with Crippen LogP contribution in [0.2, 0.25) is 0 Å². The Labute approximate surface area is 110 Å². The maximum Gasteiger partial charge on any atom is 0.149 e. The number of rotatable bonds is 1. The molecule has 4 heteroatoms. The molecule has 1 aliphatic heterocycles. The molecule has 2 heterocycles. The fourth-order valence-corrected chi connectivity index (χ4v) is 2.71. The first-order valence-corrected chi connectivity index (χ1v) is 6.79. The highest BCUT2D eigenvalue weighted by Crippen LogP contribution is 2.34. The zero-order valence-electron chi connectivity index (χ0n) is 11.7. The molecule has 0 spiro atoms. The van der Waals surface area contributed by atoms with Crippen LogP contribution in [0.1, 0.15) is 40.0 Å². The molecule has 18 heavy (non-hydrogen) atoms.